The van der Waals surface area contributed by atoms with Crippen LogP contribution in [0.15, 0.2) is 46.9 Å². The van der Waals surface area contributed by atoms with Crippen molar-refractivity contribution in [3.63, 3.8) is 0 Å². The van der Waals surface area contributed by atoms with Crippen LogP contribution in [0.5, 0.6) is 5.75 Å². The number of aromatic nitrogens is 3. The van der Waals surface area contributed by atoms with Gasteiger partial charge in [-0.1, -0.05) is 18.2 Å². The normalized spacial score (nSPS) is 11.2. The van der Waals surface area contributed by atoms with Crippen molar-refractivity contribution in [1.29, 1.82) is 0 Å². The predicted molar refractivity (Wildman–Crippen MR) is 81.8 cm³/mol. The van der Waals surface area contributed by atoms with Crippen LogP contribution in [0.4, 0.5) is 0 Å². The van der Waals surface area contributed by atoms with Crippen LogP contribution >= 0.6 is 23.6 Å². The zero-order chi connectivity index (χ0) is 13.9. The van der Waals surface area contributed by atoms with Crippen molar-refractivity contribution in [3.8, 4) is 16.5 Å². The SMILES string of the molecule is Oc1ccccc1/C=N/n1c(-c2cccs2)n[nH]c1=S. The molecule has 0 spiro atoms. The lowest BCUT2D eigenvalue weighted by Crippen LogP contribution is -1.94. The molecule has 0 saturated carbocycles. The van der Waals surface area contributed by atoms with Crippen LogP contribution < -0.4 is 0 Å². The molecule has 0 amide bonds. The summed E-state index contributed by atoms with van der Waals surface area (Å²) in [5.41, 5.74) is 0.618. The number of nitrogens with one attached hydrogen (secondary N) is 1. The van der Waals surface area contributed by atoms with E-state index in [0.717, 1.165) is 4.88 Å². The van der Waals surface area contributed by atoms with Crippen molar-refractivity contribution in [2.45, 2.75) is 0 Å². The van der Waals surface area contributed by atoms with E-state index in [2.05, 4.69) is 15.3 Å². The molecule has 2 aromatic heterocycles. The zero-order valence-corrected chi connectivity index (χ0v) is 11.9. The Morgan fingerprint density at radius 3 is 2.90 bits per heavy atom. The molecule has 1 aromatic carbocycles. The average Bonchev–Trinajstić information content (AvgIpc) is 3.08. The molecule has 2 heterocycles. The van der Waals surface area contributed by atoms with Crippen LogP contribution in [0.25, 0.3) is 10.7 Å². The highest BCUT2D eigenvalue weighted by molar-refractivity contribution is 7.71. The molecule has 7 heteroatoms. The molecule has 0 unspecified atom stereocenters. The van der Waals surface area contributed by atoms with Crippen molar-refractivity contribution in [2.24, 2.45) is 5.10 Å². The molecule has 100 valence electrons. The summed E-state index contributed by atoms with van der Waals surface area (Å²) >= 11 is 6.72. The van der Waals surface area contributed by atoms with E-state index in [1.807, 2.05) is 23.6 Å². The molecule has 3 aromatic rings. The number of H-pyrrole nitrogens is 1. The Kier molecular flexibility index (Phi) is 3.44. The molecular formula is C13H10N4OS2. The van der Waals surface area contributed by atoms with Crippen LogP contribution in [0, 0.1) is 4.77 Å². The van der Waals surface area contributed by atoms with Gasteiger partial charge in [0, 0.05) is 5.56 Å². The lowest BCUT2D eigenvalue weighted by molar-refractivity contribution is 0.474. The van der Waals surface area contributed by atoms with Gasteiger partial charge in [-0.3, -0.25) is 0 Å². The number of phenols is 1. The maximum absolute atomic E-state index is 9.71. The Bertz CT molecular complexity index is 802. The number of aromatic amines is 1. The number of benzene rings is 1. The summed E-state index contributed by atoms with van der Waals surface area (Å²) in [5, 5.41) is 22.9. The lowest BCUT2D eigenvalue weighted by atomic mass is 10.2. The van der Waals surface area contributed by atoms with E-state index in [4.69, 9.17) is 12.2 Å². The van der Waals surface area contributed by atoms with Crippen LogP contribution in [0.2, 0.25) is 0 Å². The summed E-state index contributed by atoms with van der Waals surface area (Å²) in [7, 11) is 0. The Morgan fingerprint density at radius 2 is 2.15 bits per heavy atom. The molecule has 0 radical (unpaired) electrons. The summed E-state index contributed by atoms with van der Waals surface area (Å²) in [6.07, 6.45) is 1.55. The van der Waals surface area contributed by atoms with Gasteiger partial charge >= 0.3 is 0 Å². The van der Waals surface area contributed by atoms with Crippen LogP contribution in [-0.2, 0) is 0 Å². The highest BCUT2D eigenvalue weighted by Crippen LogP contribution is 2.22. The van der Waals surface area contributed by atoms with Crippen molar-refractivity contribution in [1.82, 2.24) is 14.9 Å². The van der Waals surface area contributed by atoms with Gasteiger partial charge in [0.05, 0.1) is 11.1 Å². The number of nitrogens with zero attached hydrogens (tertiary/aromatic N) is 3. The molecule has 0 bridgehead atoms. The van der Waals surface area contributed by atoms with Gasteiger partial charge in [-0.25, -0.2) is 5.10 Å². The first-order valence-electron chi connectivity index (χ1n) is 5.79. The first kappa shape index (κ1) is 12.8. The fourth-order valence-corrected chi connectivity index (χ4v) is 2.56. The fourth-order valence-electron chi connectivity index (χ4n) is 1.68. The molecule has 0 aliphatic heterocycles. The van der Waals surface area contributed by atoms with Gasteiger partial charge in [-0.15, -0.1) is 11.3 Å². The lowest BCUT2D eigenvalue weighted by Gasteiger charge is -1.99. The fraction of sp³-hybridized carbons (Fsp3) is 0. The molecule has 5 nitrogen and oxygen atoms in total. The van der Waals surface area contributed by atoms with Crippen LogP contribution in [0.1, 0.15) is 5.56 Å². The van der Waals surface area contributed by atoms with Crippen molar-refractivity contribution >= 4 is 29.8 Å². The number of hydrogen-bond acceptors (Lipinski definition) is 5. The number of hydrogen-bond donors (Lipinski definition) is 2. The van der Waals surface area contributed by atoms with Gasteiger partial charge in [-0.2, -0.15) is 14.9 Å². The Hall–Kier alpha value is -2.25. The topological polar surface area (TPSA) is 66.2 Å². The smallest absolute Gasteiger partial charge is 0.216 e. The number of para-hydroxylation sites is 1. The molecular weight excluding hydrogens is 292 g/mol. The number of phenolic OH excluding ortho intramolecular Hbond substituents is 1. The highest BCUT2D eigenvalue weighted by Gasteiger charge is 2.08. The Labute approximate surface area is 123 Å². The minimum absolute atomic E-state index is 0.170. The van der Waals surface area contributed by atoms with E-state index in [-0.39, 0.29) is 5.75 Å². The van der Waals surface area contributed by atoms with Crippen molar-refractivity contribution < 1.29 is 5.11 Å². The molecule has 0 fully saturated rings. The molecule has 0 aliphatic rings. The second-order valence-corrected chi connectivity index (χ2v) is 5.28. The quantitative estimate of drug-likeness (QED) is 0.576. The molecule has 0 atom stereocenters. The second kappa shape index (κ2) is 5.40. The minimum Gasteiger partial charge on any atom is -0.507 e. The summed E-state index contributed by atoms with van der Waals surface area (Å²) in [5.74, 6) is 0.820. The number of aromatic hydroxyl groups is 1. The van der Waals surface area contributed by atoms with E-state index in [1.165, 1.54) is 4.68 Å². The van der Waals surface area contributed by atoms with Crippen LogP contribution in [-0.4, -0.2) is 26.2 Å². The Morgan fingerprint density at radius 1 is 1.30 bits per heavy atom. The largest absolute Gasteiger partial charge is 0.507 e. The average molecular weight is 302 g/mol. The second-order valence-electron chi connectivity index (χ2n) is 3.94. The van der Waals surface area contributed by atoms with Gasteiger partial charge < -0.3 is 5.11 Å². The maximum Gasteiger partial charge on any atom is 0.216 e. The summed E-state index contributed by atoms with van der Waals surface area (Å²) in [4.78, 5) is 0.965. The third-order valence-electron chi connectivity index (χ3n) is 2.64. The predicted octanol–water partition coefficient (Wildman–Crippen LogP) is 3.26. The molecule has 0 saturated heterocycles. The maximum atomic E-state index is 9.71. The third kappa shape index (κ3) is 2.40. The molecule has 20 heavy (non-hydrogen) atoms. The Balaban J connectivity index is 2.02. The first-order chi connectivity index (χ1) is 9.75. The van der Waals surface area contributed by atoms with E-state index < -0.39 is 0 Å². The van der Waals surface area contributed by atoms with Gasteiger partial charge in [0.25, 0.3) is 0 Å². The van der Waals surface area contributed by atoms with Crippen LogP contribution in [0.3, 0.4) is 0 Å². The van der Waals surface area contributed by atoms with Gasteiger partial charge in [0.1, 0.15) is 5.75 Å². The van der Waals surface area contributed by atoms with E-state index in [0.29, 0.717) is 16.2 Å². The molecule has 3 rings (SSSR count). The third-order valence-corrected chi connectivity index (χ3v) is 3.77. The van der Waals surface area contributed by atoms with E-state index in [1.54, 1.807) is 35.8 Å². The summed E-state index contributed by atoms with van der Waals surface area (Å²) < 4.78 is 1.94. The minimum atomic E-state index is 0.170. The molecule has 0 aliphatic carbocycles. The van der Waals surface area contributed by atoms with Gasteiger partial charge in [0.2, 0.25) is 4.77 Å². The summed E-state index contributed by atoms with van der Waals surface area (Å²) in [6, 6.07) is 10.9. The number of rotatable bonds is 3. The standard InChI is InChI=1S/C13H10N4OS2/c18-10-5-2-1-4-9(10)8-14-17-12(15-16-13(17)19)11-6-3-7-20-11/h1-8,18H,(H,16,19)/b14-8+. The summed E-state index contributed by atoms with van der Waals surface area (Å²) in [6.45, 7) is 0. The first-order valence-corrected chi connectivity index (χ1v) is 7.08. The monoisotopic (exact) mass is 302 g/mol. The van der Waals surface area contributed by atoms with Gasteiger partial charge in [0.15, 0.2) is 5.82 Å². The van der Waals surface area contributed by atoms with Gasteiger partial charge in [-0.05, 0) is 35.8 Å². The molecule has 2 N–H and O–H groups in total. The van der Waals surface area contributed by atoms with Crippen molar-refractivity contribution in [3.05, 3.63) is 52.1 Å². The van der Waals surface area contributed by atoms with E-state index in [9.17, 15) is 5.11 Å². The highest BCUT2D eigenvalue weighted by atomic mass is 32.1. The van der Waals surface area contributed by atoms with Crippen molar-refractivity contribution in [2.75, 3.05) is 0 Å². The number of thiophene rings is 1. The zero-order valence-electron chi connectivity index (χ0n) is 10.2. The van der Waals surface area contributed by atoms with E-state index >= 15 is 0 Å².